The third-order valence-corrected chi connectivity index (χ3v) is 2.31. The molecule has 0 spiro atoms. The second-order valence-corrected chi connectivity index (χ2v) is 3.83. The zero-order valence-electron chi connectivity index (χ0n) is 10.1. The molecule has 0 saturated heterocycles. The van der Waals surface area contributed by atoms with Crippen LogP contribution < -0.4 is 0 Å². The topological polar surface area (TPSA) is 69.4 Å². The smallest absolute Gasteiger partial charge is 0.183 e. The zero-order chi connectivity index (χ0) is 12.1. The Labute approximate surface area is 95.2 Å². The Bertz CT molecular complexity index is 310. The molecule has 16 heavy (non-hydrogen) atoms. The summed E-state index contributed by atoms with van der Waals surface area (Å²) in [6.07, 6.45) is 0.440. The average molecular weight is 229 g/mol. The Hall–Kier alpha value is -0.980. The summed E-state index contributed by atoms with van der Waals surface area (Å²) in [6, 6.07) is 0.216. The number of hydrogen-bond acceptors (Lipinski definition) is 5. The number of methoxy groups -OCH3 is 2. The lowest BCUT2D eigenvalue weighted by Gasteiger charge is -2.20. The van der Waals surface area contributed by atoms with E-state index in [1.54, 1.807) is 4.68 Å². The number of ether oxygens (including phenoxy) is 2. The minimum atomic E-state index is -0.753. The second kappa shape index (κ2) is 5.93. The van der Waals surface area contributed by atoms with Crippen LogP contribution in [0.15, 0.2) is 6.33 Å². The van der Waals surface area contributed by atoms with Crippen LogP contribution in [0, 0.1) is 0 Å². The molecule has 92 valence electrons. The van der Waals surface area contributed by atoms with Crippen molar-refractivity contribution in [2.45, 2.75) is 38.7 Å². The van der Waals surface area contributed by atoms with Gasteiger partial charge in [0.05, 0.1) is 0 Å². The van der Waals surface area contributed by atoms with E-state index in [2.05, 4.69) is 10.1 Å². The number of aliphatic hydroxyl groups is 1. The van der Waals surface area contributed by atoms with E-state index in [4.69, 9.17) is 9.47 Å². The lowest BCUT2D eigenvalue weighted by Crippen LogP contribution is -2.32. The molecule has 1 N–H and O–H groups in total. The van der Waals surface area contributed by atoms with Crippen LogP contribution in [-0.2, 0) is 15.9 Å². The second-order valence-electron chi connectivity index (χ2n) is 3.83. The lowest BCUT2D eigenvalue weighted by molar-refractivity contribution is -0.163. The molecule has 1 heterocycles. The Morgan fingerprint density at radius 1 is 1.38 bits per heavy atom. The van der Waals surface area contributed by atoms with E-state index in [1.807, 2.05) is 13.8 Å². The highest BCUT2D eigenvalue weighted by atomic mass is 16.7. The number of nitrogens with zero attached hydrogens (tertiary/aromatic N) is 3. The van der Waals surface area contributed by atoms with Crippen molar-refractivity contribution >= 4 is 0 Å². The van der Waals surface area contributed by atoms with Crippen LogP contribution in [0.5, 0.6) is 0 Å². The first-order valence-electron chi connectivity index (χ1n) is 5.22. The quantitative estimate of drug-likeness (QED) is 0.714. The van der Waals surface area contributed by atoms with E-state index in [9.17, 15) is 5.11 Å². The minimum absolute atomic E-state index is 0.216. The molecule has 0 aliphatic carbocycles. The van der Waals surface area contributed by atoms with Crippen LogP contribution in [0.3, 0.4) is 0 Å². The van der Waals surface area contributed by atoms with Crippen LogP contribution >= 0.6 is 0 Å². The van der Waals surface area contributed by atoms with E-state index in [0.717, 1.165) is 5.82 Å². The van der Waals surface area contributed by atoms with E-state index >= 15 is 0 Å². The normalized spacial score (nSPS) is 13.7. The van der Waals surface area contributed by atoms with Crippen molar-refractivity contribution in [3.05, 3.63) is 12.2 Å². The van der Waals surface area contributed by atoms with Gasteiger partial charge in [0.1, 0.15) is 18.3 Å². The fourth-order valence-electron chi connectivity index (χ4n) is 1.55. The number of hydrogen-bond donors (Lipinski definition) is 1. The first-order valence-corrected chi connectivity index (χ1v) is 5.22. The Kier molecular flexibility index (Phi) is 4.85. The molecule has 1 unspecified atom stereocenters. The molecule has 0 aliphatic heterocycles. The number of rotatable bonds is 6. The molecule has 1 atom stereocenters. The molecule has 0 radical (unpaired) electrons. The molecule has 0 aliphatic rings. The summed E-state index contributed by atoms with van der Waals surface area (Å²) in [5.74, 6) is 0.724. The molecular formula is C10H19N3O3. The Morgan fingerprint density at radius 2 is 2.00 bits per heavy atom. The van der Waals surface area contributed by atoms with Crippen molar-refractivity contribution in [2.75, 3.05) is 14.2 Å². The molecule has 6 nitrogen and oxygen atoms in total. The fraction of sp³-hybridized carbons (Fsp3) is 0.800. The molecule has 1 aromatic heterocycles. The Balaban J connectivity index is 2.68. The maximum atomic E-state index is 9.86. The van der Waals surface area contributed by atoms with Crippen LogP contribution in [-0.4, -0.2) is 46.5 Å². The summed E-state index contributed by atoms with van der Waals surface area (Å²) in [4.78, 5) is 4.11. The van der Waals surface area contributed by atoms with Gasteiger partial charge < -0.3 is 14.6 Å². The molecule has 0 aromatic carbocycles. The first-order chi connectivity index (χ1) is 7.60. The number of aliphatic hydroxyl groups excluding tert-OH is 1. The van der Waals surface area contributed by atoms with Crippen molar-refractivity contribution in [2.24, 2.45) is 0 Å². The predicted octanol–water partition coefficient (Wildman–Crippen LogP) is 0.381. The van der Waals surface area contributed by atoms with Gasteiger partial charge in [0.25, 0.3) is 0 Å². The summed E-state index contributed by atoms with van der Waals surface area (Å²) >= 11 is 0. The van der Waals surface area contributed by atoms with Crippen LogP contribution in [0.1, 0.15) is 25.7 Å². The van der Waals surface area contributed by atoms with Gasteiger partial charge in [-0.25, -0.2) is 9.67 Å². The Morgan fingerprint density at radius 3 is 2.50 bits per heavy atom. The highest BCUT2D eigenvalue weighted by Gasteiger charge is 2.21. The van der Waals surface area contributed by atoms with Gasteiger partial charge in [-0.3, -0.25) is 0 Å². The molecule has 6 heteroatoms. The van der Waals surface area contributed by atoms with Gasteiger partial charge >= 0.3 is 0 Å². The van der Waals surface area contributed by atoms with Crippen molar-refractivity contribution in [1.29, 1.82) is 0 Å². The van der Waals surface area contributed by atoms with Gasteiger partial charge in [-0.05, 0) is 13.8 Å². The van der Waals surface area contributed by atoms with E-state index in [1.165, 1.54) is 20.5 Å². The highest BCUT2D eigenvalue weighted by Crippen LogP contribution is 2.10. The predicted molar refractivity (Wildman–Crippen MR) is 57.9 cm³/mol. The van der Waals surface area contributed by atoms with Crippen LogP contribution in [0.4, 0.5) is 0 Å². The highest BCUT2D eigenvalue weighted by molar-refractivity contribution is 4.89. The fourth-order valence-corrected chi connectivity index (χ4v) is 1.55. The molecule has 0 amide bonds. The van der Waals surface area contributed by atoms with Gasteiger partial charge in [0.2, 0.25) is 0 Å². The van der Waals surface area contributed by atoms with Crippen molar-refractivity contribution < 1.29 is 14.6 Å². The van der Waals surface area contributed by atoms with Gasteiger partial charge in [0.15, 0.2) is 6.29 Å². The minimum Gasteiger partial charge on any atom is -0.387 e. The van der Waals surface area contributed by atoms with E-state index in [0.29, 0.717) is 6.42 Å². The van der Waals surface area contributed by atoms with Crippen molar-refractivity contribution in [1.82, 2.24) is 14.8 Å². The lowest BCUT2D eigenvalue weighted by atomic mass is 10.2. The van der Waals surface area contributed by atoms with Gasteiger partial charge in [0, 0.05) is 26.7 Å². The van der Waals surface area contributed by atoms with Crippen molar-refractivity contribution in [3.8, 4) is 0 Å². The molecular weight excluding hydrogens is 210 g/mol. The van der Waals surface area contributed by atoms with Gasteiger partial charge in [-0.15, -0.1) is 0 Å². The maximum absolute atomic E-state index is 9.86. The number of aromatic nitrogens is 3. The summed E-state index contributed by atoms with van der Waals surface area (Å²) < 4.78 is 11.7. The molecule has 0 fully saturated rings. The first kappa shape index (κ1) is 13.1. The van der Waals surface area contributed by atoms with Crippen LogP contribution in [0.2, 0.25) is 0 Å². The summed E-state index contributed by atoms with van der Waals surface area (Å²) in [5.41, 5.74) is 0. The third kappa shape index (κ3) is 3.01. The van der Waals surface area contributed by atoms with E-state index < -0.39 is 12.4 Å². The van der Waals surface area contributed by atoms with Crippen LogP contribution in [0.25, 0.3) is 0 Å². The van der Waals surface area contributed by atoms with E-state index in [-0.39, 0.29) is 6.04 Å². The SMILES string of the molecule is COC(OC)C(O)Cc1ncnn1C(C)C. The molecule has 1 rings (SSSR count). The summed E-state index contributed by atoms with van der Waals surface area (Å²) in [6.45, 7) is 4.02. The van der Waals surface area contributed by atoms with Gasteiger partial charge in [-0.1, -0.05) is 0 Å². The van der Waals surface area contributed by atoms with Crippen molar-refractivity contribution in [3.63, 3.8) is 0 Å². The van der Waals surface area contributed by atoms with Gasteiger partial charge in [-0.2, -0.15) is 5.10 Å². The molecule has 0 saturated carbocycles. The summed E-state index contributed by atoms with van der Waals surface area (Å²) in [7, 11) is 2.98. The maximum Gasteiger partial charge on any atom is 0.183 e. The average Bonchev–Trinajstić information content (AvgIpc) is 2.67. The largest absolute Gasteiger partial charge is 0.387 e. The standard InChI is InChI=1S/C10H19N3O3/c1-7(2)13-9(11-6-12-13)5-8(14)10(15-3)16-4/h6-8,10,14H,5H2,1-4H3. The zero-order valence-corrected chi connectivity index (χ0v) is 10.1. The molecule has 1 aromatic rings. The monoisotopic (exact) mass is 229 g/mol. The summed E-state index contributed by atoms with van der Waals surface area (Å²) in [5, 5.41) is 13.9. The third-order valence-electron chi connectivity index (χ3n) is 2.31. The molecule has 0 bridgehead atoms.